The Balaban J connectivity index is 2.18. The van der Waals surface area contributed by atoms with Crippen LogP contribution < -0.4 is 4.74 Å². The molecule has 116 valence electrons. The molecule has 0 N–H and O–H groups in total. The van der Waals surface area contributed by atoms with E-state index in [-0.39, 0.29) is 5.78 Å². The van der Waals surface area contributed by atoms with Crippen LogP contribution in [0.2, 0.25) is 0 Å². The van der Waals surface area contributed by atoms with Crippen molar-refractivity contribution in [2.75, 3.05) is 14.2 Å². The average molecular weight is 290 g/mol. The number of ether oxygens (including phenoxy) is 2. The van der Waals surface area contributed by atoms with E-state index in [2.05, 4.69) is 6.92 Å². The maximum atomic E-state index is 12.8. The van der Waals surface area contributed by atoms with Crippen molar-refractivity contribution in [1.29, 1.82) is 0 Å². The number of carbonyl (C=O) groups excluding carboxylic acids is 1. The molecule has 1 saturated carbocycles. The summed E-state index contributed by atoms with van der Waals surface area (Å²) in [6, 6.07) is 5.97. The van der Waals surface area contributed by atoms with Crippen molar-refractivity contribution in [3.05, 3.63) is 29.3 Å². The first kappa shape index (κ1) is 16.0. The summed E-state index contributed by atoms with van der Waals surface area (Å²) < 4.78 is 11.1. The first-order chi connectivity index (χ1) is 10.0. The summed E-state index contributed by atoms with van der Waals surface area (Å²) in [5, 5.41) is 0. The van der Waals surface area contributed by atoms with Crippen LogP contribution in [0.15, 0.2) is 18.2 Å². The summed E-state index contributed by atoms with van der Waals surface area (Å²) in [5.41, 5.74) is 1.50. The van der Waals surface area contributed by atoms with Gasteiger partial charge in [-0.3, -0.25) is 4.79 Å². The Morgan fingerprint density at radius 1 is 1.29 bits per heavy atom. The van der Waals surface area contributed by atoms with Gasteiger partial charge in [-0.2, -0.15) is 0 Å². The molecule has 0 radical (unpaired) electrons. The number of hydrogen-bond acceptors (Lipinski definition) is 3. The van der Waals surface area contributed by atoms with E-state index >= 15 is 0 Å². The van der Waals surface area contributed by atoms with E-state index in [4.69, 9.17) is 9.47 Å². The largest absolute Gasteiger partial charge is 0.496 e. The van der Waals surface area contributed by atoms with E-state index in [9.17, 15) is 4.79 Å². The number of benzene rings is 1. The second-order valence-corrected chi connectivity index (χ2v) is 6.30. The van der Waals surface area contributed by atoms with Gasteiger partial charge in [0.25, 0.3) is 0 Å². The molecule has 1 aliphatic carbocycles. The van der Waals surface area contributed by atoms with Gasteiger partial charge in [-0.05, 0) is 44.6 Å². The lowest BCUT2D eigenvalue weighted by Crippen LogP contribution is -2.44. The van der Waals surface area contributed by atoms with Crippen LogP contribution in [0.3, 0.4) is 0 Å². The van der Waals surface area contributed by atoms with Crippen molar-refractivity contribution in [2.24, 2.45) is 5.92 Å². The molecule has 0 aliphatic heterocycles. The standard InChI is InChI=1S/C18H26O3/c1-13-7-9-18(21-4,10-8-13)17(19)12-15-11-14(2)5-6-16(15)20-3/h5-6,11,13H,7-10,12H2,1-4H3. The van der Waals surface area contributed by atoms with Gasteiger partial charge in [-0.15, -0.1) is 0 Å². The maximum Gasteiger partial charge on any atom is 0.169 e. The number of aryl methyl sites for hydroxylation is 1. The molecule has 1 fully saturated rings. The van der Waals surface area contributed by atoms with E-state index in [1.807, 2.05) is 25.1 Å². The fraction of sp³-hybridized carbons (Fsp3) is 0.611. The normalized spacial score (nSPS) is 25.6. The van der Waals surface area contributed by atoms with Gasteiger partial charge in [0.2, 0.25) is 0 Å². The molecule has 1 aliphatic rings. The number of ketones is 1. The third-order valence-corrected chi connectivity index (χ3v) is 4.77. The topological polar surface area (TPSA) is 35.5 Å². The SMILES string of the molecule is COc1ccc(C)cc1CC(=O)C1(OC)CCC(C)CC1. The van der Waals surface area contributed by atoms with Gasteiger partial charge in [0.15, 0.2) is 5.78 Å². The molecule has 0 unspecified atom stereocenters. The van der Waals surface area contributed by atoms with Crippen LogP contribution in [-0.4, -0.2) is 25.6 Å². The van der Waals surface area contributed by atoms with Crippen LogP contribution in [0.25, 0.3) is 0 Å². The predicted molar refractivity (Wildman–Crippen MR) is 83.8 cm³/mol. The number of methoxy groups -OCH3 is 2. The van der Waals surface area contributed by atoms with Crippen LogP contribution in [0.4, 0.5) is 0 Å². The summed E-state index contributed by atoms with van der Waals surface area (Å²) in [4.78, 5) is 12.8. The maximum absolute atomic E-state index is 12.8. The average Bonchev–Trinajstić information content (AvgIpc) is 2.48. The molecule has 1 aromatic carbocycles. The second-order valence-electron chi connectivity index (χ2n) is 6.30. The van der Waals surface area contributed by atoms with Gasteiger partial charge in [0.05, 0.1) is 7.11 Å². The Labute approximate surface area is 127 Å². The first-order valence-electron chi connectivity index (χ1n) is 7.72. The van der Waals surface area contributed by atoms with Crippen LogP contribution in [-0.2, 0) is 16.0 Å². The van der Waals surface area contributed by atoms with Gasteiger partial charge in [0, 0.05) is 19.1 Å². The van der Waals surface area contributed by atoms with Gasteiger partial charge in [0.1, 0.15) is 11.4 Å². The molecule has 0 bridgehead atoms. The minimum Gasteiger partial charge on any atom is -0.496 e. The Bertz CT molecular complexity index is 499. The van der Waals surface area contributed by atoms with Gasteiger partial charge in [-0.1, -0.05) is 24.6 Å². The molecule has 0 saturated heterocycles. The minimum absolute atomic E-state index is 0.181. The highest BCUT2D eigenvalue weighted by Gasteiger charge is 2.40. The molecule has 3 nitrogen and oxygen atoms in total. The molecule has 0 aromatic heterocycles. The molecule has 0 spiro atoms. The molecule has 0 atom stereocenters. The monoisotopic (exact) mass is 290 g/mol. The molecule has 1 aromatic rings. The van der Waals surface area contributed by atoms with E-state index in [1.54, 1.807) is 14.2 Å². The lowest BCUT2D eigenvalue weighted by molar-refractivity contribution is -0.145. The zero-order valence-corrected chi connectivity index (χ0v) is 13.6. The van der Waals surface area contributed by atoms with Crippen molar-refractivity contribution in [3.63, 3.8) is 0 Å². The van der Waals surface area contributed by atoms with Gasteiger partial charge < -0.3 is 9.47 Å². The molecule has 21 heavy (non-hydrogen) atoms. The van der Waals surface area contributed by atoms with E-state index in [0.717, 1.165) is 42.6 Å². The molecule has 2 rings (SSSR count). The zero-order chi connectivity index (χ0) is 15.5. The van der Waals surface area contributed by atoms with E-state index in [0.29, 0.717) is 12.3 Å². The fourth-order valence-electron chi connectivity index (χ4n) is 3.20. The summed E-state index contributed by atoms with van der Waals surface area (Å²) in [7, 11) is 3.31. The van der Waals surface area contributed by atoms with Crippen molar-refractivity contribution in [1.82, 2.24) is 0 Å². The van der Waals surface area contributed by atoms with Crippen LogP contribution in [0.1, 0.15) is 43.7 Å². The summed E-state index contributed by atoms with van der Waals surface area (Å²) in [6.07, 6.45) is 4.16. The molecule has 0 amide bonds. The highest BCUT2D eigenvalue weighted by molar-refractivity contribution is 5.89. The van der Waals surface area contributed by atoms with Gasteiger partial charge >= 0.3 is 0 Å². The zero-order valence-electron chi connectivity index (χ0n) is 13.6. The minimum atomic E-state index is -0.596. The number of hydrogen-bond donors (Lipinski definition) is 0. The summed E-state index contributed by atoms with van der Waals surface area (Å²) >= 11 is 0. The van der Waals surface area contributed by atoms with Crippen molar-refractivity contribution in [3.8, 4) is 5.75 Å². The Hall–Kier alpha value is -1.35. The van der Waals surface area contributed by atoms with Crippen molar-refractivity contribution < 1.29 is 14.3 Å². The molecule has 0 heterocycles. The quantitative estimate of drug-likeness (QED) is 0.829. The molecular formula is C18H26O3. The third kappa shape index (κ3) is 3.46. The van der Waals surface area contributed by atoms with Crippen LogP contribution in [0.5, 0.6) is 5.75 Å². The number of Topliss-reactive ketones (excluding diaryl/α,β-unsaturated/α-hetero) is 1. The highest BCUT2D eigenvalue weighted by atomic mass is 16.5. The predicted octanol–water partition coefficient (Wildman–Crippen LogP) is 3.71. The smallest absolute Gasteiger partial charge is 0.169 e. The Kier molecular flexibility index (Phi) is 5.04. The number of carbonyl (C=O) groups is 1. The fourth-order valence-corrected chi connectivity index (χ4v) is 3.20. The molecular weight excluding hydrogens is 264 g/mol. The Morgan fingerprint density at radius 3 is 2.52 bits per heavy atom. The van der Waals surface area contributed by atoms with Crippen molar-refractivity contribution >= 4 is 5.78 Å². The van der Waals surface area contributed by atoms with Crippen LogP contribution in [0, 0.1) is 12.8 Å². The van der Waals surface area contributed by atoms with E-state index < -0.39 is 5.60 Å². The Morgan fingerprint density at radius 2 is 1.95 bits per heavy atom. The first-order valence-corrected chi connectivity index (χ1v) is 7.72. The van der Waals surface area contributed by atoms with Crippen molar-refractivity contribution in [2.45, 2.75) is 51.6 Å². The van der Waals surface area contributed by atoms with Crippen LogP contribution >= 0.6 is 0 Å². The lowest BCUT2D eigenvalue weighted by atomic mass is 9.75. The molecule has 3 heteroatoms. The third-order valence-electron chi connectivity index (χ3n) is 4.77. The lowest BCUT2D eigenvalue weighted by Gasteiger charge is -2.37. The number of rotatable bonds is 5. The summed E-state index contributed by atoms with van der Waals surface area (Å²) in [5.74, 6) is 1.65. The van der Waals surface area contributed by atoms with E-state index in [1.165, 1.54) is 0 Å². The second kappa shape index (κ2) is 6.61. The van der Waals surface area contributed by atoms with Gasteiger partial charge in [-0.25, -0.2) is 0 Å². The summed E-state index contributed by atoms with van der Waals surface area (Å²) in [6.45, 7) is 4.27. The highest BCUT2D eigenvalue weighted by Crippen LogP contribution is 2.36.